The summed E-state index contributed by atoms with van der Waals surface area (Å²) in [5, 5.41) is 0. The predicted molar refractivity (Wildman–Crippen MR) is 61.6 cm³/mol. The second-order valence-corrected chi connectivity index (χ2v) is 3.89. The van der Waals surface area contributed by atoms with E-state index >= 15 is 0 Å². The van der Waals surface area contributed by atoms with Gasteiger partial charge >= 0.3 is 0 Å². The fraction of sp³-hybridized carbons (Fsp3) is 0.636. The first-order valence-electron chi connectivity index (χ1n) is 5.05. The van der Waals surface area contributed by atoms with Gasteiger partial charge < -0.3 is 4.57 Å². The highest BCUT2D eigenvalue weighted by Crippen LogP contribution is 2.11. The molecule has 0 amide bonds. The van der Waals surface area contributed by atoms with Crippen molar-refractivity contribution in [1.82, 2.24) is 4.57 Å². The van der Waals surface area contributed by atoms with Crippen LogP contribution in [-0.4, -0.2) is 10.3 Å². The third kappa shape index (κ3) is 2.80. The molecule has 0 radical (unpaired) electrons. The second kappa shape index (κ2) is 5.38. The molecule has 1 aromatic heterocycles. The number of aromatic nitrogens is 1. The van der Waals surface area contributed by atoms with Crippen LogP contribution in [0.15, 0.2) is 12.1 Å². The third-order valence-electron chi connectivity index (χ3n) is 2.40. The molecule has 0 bridgehead atoms. The topological polar surface area (TPSA) is 4.93 Å². The zero-order chi connectivity index (χ0) is 9.68. The van der Waals surface area contributed by atoms with E-state index in [2.05, 4.69) is 43.2 Å². The molecule has 13 heavy (non-hydrogen) atoms. The highest BCUT2D eigenvalue weighted by molar-refractivity contribution is 7.80. The van der Waals surface area contributed by atoms with Crippen molar-refractivity contribution < 1.29 is 0 Å². The minimum atomic E-state index is 0.925. The van der Waals surface area contributed by atoms with Crippen molar-refractivity contribution in [3.8, 4) is 0 Å². The van der Waals surface area contributed by atoms with Crippen LogP contribution in [0, 0.1) is 6.92 Å². The Morgan fingerprint density at radius 1 is 1.38 bits per heavy atom. The van der Waals surface area contributed by atoms with Gasteiger partial charge in [0.15, 0.2) is 0 Å². The van der Waals surface area contributed by atoms with Crippen molar-refractivity contribution >= 4 is 12.6 Å². The Hall–Kier alpha value is -0.370. The highest BCUT2D eigenvalue weighted by Gasteiger charge is 2.02. The summed E-state index contributed by atoms with van der Waals surface area (Å²) in [6.07, 6.45) is 3.76. The van der Waals surface area contributed by atoms with Crippen LogP contribution in [0.2, 0.25) is 0 Å². The van der Waals surface area contributed by atoms with Crippen molar-refractivity contribution in [2.45, 2.75) is 39.7 Å². The van der Waals surface area contributed by atoms with Gasteiger partial charge in [0, 0.05) is 23.7 Å². The van der Waals surface area contributed by atoms with Crippen LogP contribution in [0.1, 0.15) is 31.2 Å². The Morgan fingerprint density at radius 3 is 2.77 bits per heavy atom. The van der Waals surface area contributed by atoms with Gasteiger partial charge in [-0.15, -0.1) is 0 Å². The third-order valence-corrected chi connectivity index (χ3v) is 2.60. The van der Waals surface area contributed by atoms with Gasteiger partial charge in [0.1, 0.15) is 0 Å². The molecule has 0 aromatic carbocycles. The van der Waals surface area contributed by atoms with Crippen LogP contribution >= 0.6 is 12.6 Å². The molecule has 1 nitrogen and oxygen atoms in total. The van der Waals surface area contributed by atoms with E-state index in [4.69, 9.17) is 0 Å². The average molecular weight is 197 g/mol. The number of hydrogen-bond acceptors (Lipinski definition) is 1. The fourth-order valence-electron chi connectivity index (χ4n) is 1.62. The standard InChI is InChI=1S/C11H19NS/c1-3-4-5-11-7-6-10(2)12(11)8-9-13/h6-7,13H,3-5,8-9H2,1-2H3. The molecule has 1 aromatic rings. The molecule has 0 aliphatic rings. The molecular weight excluding hydrogens is 178 g/mol. The summed E-state index contributed by atoms with van der Waals surface area (Å²) in [6.45, 7) is 5.44. The quantitative estimate of drug-likeness (QED) is 0.692. The predicted octanol–water partition coefficient (Wildman–Crippen LogP) is 3.07. The first kappa shape index (κ1) is 10.7. The highest BCUT2D eigenvalue weighted by atomic mass is 32.1. The molecule has 0 saturated heterocycles. The van der Waals surface area contributed by atoms with Gasteiger partial charge in [0.2, 0.25) is 0 Å². The summed E-state index contributed by atoms with van der Waals surface area (Å²) in [4.78, 5) is 0. The number of thiol groups is 1. The summed E-state index contributed by atoms with van der Waals surface area (Å²) < 4.78 is 2.38. The number of rotatable bonds is 5. The lowest BCUT2D eigenvalue weighted by Crippen LogP contribution is -2.05. The van der Waals surface area contributed by atoms with E-state index < -0.39 is 0 Å². The SMILES string of the molecule is CCCCc1ccc(C)n1CCS. The largest absolute Gasteiger partial charge is 0.348 e. The van der Waals surface area contributed by atoms with E-state index in [0.29, 0.717) is 0 Å². The molecule has 74 valence electrons. The van der Waals surface area contributed by atoms with Crippen molar-refractivity contribution in [3.05, 3.63) is 23.5 Å². The summed E-state index contributed by atoms with van der Waals surface area (Å²) in [5.74, 6) is 0.925. The Labute approximate surface area is 86.6 Å². The molecule has 0 fully saturated rings. The fourth-order valence-corrected chi connectivity index (χ4v) is 1.82. The van der Waals surface area contributed by atoms with Crippen LogP contribution in [-0.2, 0) is 13.0 Å². The van der Waals surface area contributed by atoms with Crippen LogP contribution < -0.4 is 0 Å². The maximum Gasteiger partial charge on any atom is 0.0313 e. The van der Waals surface area contributed by atoms with Crippen LogP contribution in [0.4, 0.5) is 0 Å². The van der Waals surface area contributed by atoms with Gasteiger partial charge in [0.05, 0.1) is 0 Å². The lowest BCUT2D eigenvalue weighted by atomic mass is 10.2. The molecular formula is C11H19NS. The molecule has 1 heterocycles. The van der Waals surface area contributed by atoms with E-state index in [1.807, 2.05) is 0 Å². The van der Waals surface area contributed by atoms with E-state index in [1.54, 1.807) is 0 Å². The van der Waals surface area contributed by atoms with E-state index in [9.17, 15) is 0 Å². The minimum absolute atomic E-state index is 0.925. The summed E-state index contributed by atoms with van der Waals surface area (Å²) in [6, 6.07) is 4.45. The minimum Gasteiger partial charge on any atom is -0.348 e. The van der Waals surface area contributed by atoms with Gasteiger partial charge in [-0.3, -0.25) is 0 Å². The molecule has 0 saturated carbocycles. The Balaban J connectivity index is 2.68. The number of aryl methyl sites for hydroxylation is 2. The van der Waals surface area contributed by atoms with E-state index in [-0.39, 0.29) is 0 Å². The first-order valence-corrected chi connectivity index (χ1v) is 5.68. The van der Waals surface area contributed by atoms with Crippen LogP contribution in [0.25, 0.3) is 0 Å². The average Bonchev–Trinajstić information content (AvgIpc) is 2.46. The normalized spacial score (nSPS) is 10.7. The molecule has 0 aliphatic carbocycles. The van der Waals surface area contributed by atoms with Crippen molar-refractivity contribution in [1.29, 1.82) is 0 Å². The Kier molecular flexibility index (Phi) is 4.43. The molecule has 1 rings (SSSR count). The molecule has 2 heteroatoms. The molecule has 0 aliphatic heterocycles. The first-order chi connectivity index (χ1) is 6.29. The van der Waals surface area contributed by atoms with E-state index in [0.717, 1.165) is 12.3 Å². The Morgan fingerprint density at radius 2 is 2.15 bits per heavy atom. The van der Waals surface area contributed by atoms with Gasteiger partial charge in [-0.2, -0.15) is 12.6 Å². The molecule has 0 N–H and O–H groups in total. The molecule has 0 atom stereocenters. The number of nitrogens with zero attached hydrogens (tertiary/aromatic N) is 1. The zero-order valence-electron chi connectivity index (χ0n) is 8.58. The van der Waals surface area contributed by atoms with Gasteiger partial charge in [-0.1, -0.05) is 13.3 Å². The Bertz CT molecular complexity index is 253. The van der Waals surface area contributed by atoms with Gasteiger partial charge in [0.25, 0.3) is 0 Å². The monoisotopic (exact) mass is 197 g/mol. The van der Waals surface area contributed by atoms with E-state index in [1.165, 1.54) is 30.7 Å². The number of hydrogen-bond donors (Lipinski definition) is 1. The maximum atomic E-state index is 4.27. The van der Waals surface area contributed by atoms with Crippen LogP contribution in [0.3, 0.4) is 0 Å². The van der Waals surface area contributed by atoms with Crippen molar-refractivity contribution in [3.63, 3.8) is 0 Å². The molecule has 0 spiro atoms. The van der Waals surface area contributed by atoms with Gasteiger partial charge in [-0.25, -0.2) is 0 Å². The summed E-state index contributed by atoms with van der Waals surface area (Å²) in [5.41, 5.74) is 2.83. The van der Waals surface area contributed by atoms with Crippen LogP contribution in [0.5, 0.6) is 0 Å². The summed E-state index contributed by atoms with van der Waals surface area (Å²) in [7, 11) is 0. The summed E-state index contributed by atoms with van der Waals surface area (Å²) >= 11 is 4.27. The number of unbranched alkanes of at least 4 members (excludes halogenated alkanes) is 1. The zero-order valence-corrected chi connectivity index (χ0v) is 9.48. The van der Waals surface area contributed by atoms with Crippen molar-refractivity contribution in [2.75, 3.05) is 5.75 Å². The second-order valence-electron chi connectivity index (χ2n) is 3.44. The smallest absolute Gasteiger partial charge is 0.0313 e. The lowest BCUT2D eigenvalue weighted by molar-refractivity contribution is 0.671. The van der Waals surface area contributed by atoms with Crippen molar-refractivity contribution in [2.24, 2.45) is 0 Å². The molecule has 0 unspecified atom stereocenters. The lowest BCUT2D eigenvalue weighted by Gasteiger charge is -2.09. The van der Waals surface area contributed by atoms with Gasteiger partial charge in [-0.05, 0) is 31.9 Å². The maximum absolute atomic E-state index is 4.27.